The quantitative estimate of drug-likeness (QED) is 0.492. The highest BCUT2D eigenvalue weighted by Gasteiger charge is 2.23. The number of carbonyl (C=O) groups is 1. The summed E-state index contributed by atoms with van der Waals surface area (Å²) in [5.41, 5.74) is 0. The van der Waals surface area contributed by atoms with Gasteiger partial charge in [0.05, 0.1) is 0 Å². The van der Waals surface area contributed by atoms with Gasteiger partial charge >= 0.3 is 0 Å². The number of hydrogen-bond donors (Lipinski definition) is 0. The minimum Gasteiger partial charge on any atom is -0.333 e. The minimum atomic E-state index is 0.206. The van der Waals surface area contributed by atoms with Crippen LogP contribution in [0.4, 0.5) is 4.79 Å². The van der Waals surface area contributed by atoms with Gasteiger partial charge in [0, 0.05) is 18.8 Å². The highest BCUT2D eigenvalue weighted by Crippen LogP contribution is 2.20. The zero-order valence-corrected chi connectivity index (χ0v) is 5.86. The number of rotatable bonds is 0. The summed E-state index contributed by atoms with van der Waals surface area (Å²) in [4.78, 5) is 12.4. The molecule has 0 aromatic carbocycles. The first-order valence-corrected chi connectivity index (χ1v) is 3.60. The van der Waals surface area contributed by atoms with Crippen LogP contribution in [-0.4, -0.2) is 29.0 Å². The summed E-state index contributed by atoms with van der Waals surface area (Å²) >= 11 is 1.40. The lowest BCUT2D eigenvalue weighted by atomic mass is 10.4. The molecule has 0 radical (unpaired) electrons. The second-order valence-electron chi connectivity index (χ2n) is 2.04. The first kappa shape index (κ1) is 5.95. The van der Waals surface area contributed by atoms with Gasteiger partial charge in [-0.3, -0.25) is 4.79 Å². The van der Waals surface area contributed by atoms with E-state index in [4.69, 9.17) is 0 Å². The molecule has 1 unspecified atom stereocenters. The molecule has 0 N–H and O–H groups in total. The molecule has 1 rings (SSSR count). The van der Waals surface area contributed by atoms with Crippen molar-refractivity contribution >= 4 is 17.0 Å². The van der Waals surface area contributed by atoms with Gasteiger partial charge in [0.15, 0.2) is 0 Å². The van der Waals surface area contributed by atoms with Crippen molar-refractivity contribution < 1.29 is 4.79 Å². The molecule has 1 saturated heterocycles. The van der Waals surface area contributed by atoms with Crippen molar-refractivity contribution in [3.63, 3.8) is 0 Å². The van der Waals surface area contributed by atoms with E-state index < -0.39 is 0 Å². The van der Waals surface area contributed by atoms with E-state index in [-0.39, 0.29) is 5.24 Å². The highest BCUT2D eigenvalue weighted by molar-refractivity contribution is 8.13. The van der Waals surface area contributed by atoms with E-state index in [1.165, 1.54) is 11.8 Å². The lowest BCUT2D eigenvalue weighted by molar-refractivity contribution is 0.228. The monoisotopic (exact) mass is 131 g/mol. The highest BCUT2D eigenvalue weighted by atomic mass is 32.2. The Hall–Kier alpha value is -0.180. The molecule has 2 nitrogen and oxygen atoms in total. The maximum atomic E-state index is 10.7. The molecular formula is C5H9NOS. The molecule has 0 aromatic rings. The zero-order valence-electron chi connectivity index (χ0n) is 5.05. The fourth-order valence-corrected chi connectivity index (χ4v) is 1.58. The van der Waals surface area contributed by atoms with Crippen LogP contribution in [0.25, 0.3) is 0 Å². The van der Waals surface area contributed by atoms with Gasteiger partial charge < -0.3 is 4.90 Å². The normalized spacial score (nSPS) is 29.5. The predicted octanol–water partition coefficient (Wildman–Crippen LogP) is 1.17. The summed E-state index contributed by atoms with van der Waals surface area (Å²) in [6.07, 6.45) is 0. The molecule has 1 heterocycles. The van der Waals surface area contributed by atoms with Crippen molar-refractivity contribution in [1.82, 2.24) is 4.90 Å². The van der Waals surface area contributed by atoms with E-state index in [0.29, 0.717) is 6.04 Å². The summed E-state index contributed by atoms with van der Waals surface area (Å²) in [5.74, 6) is 0.954. The Morgan fingerprint density at radius 3 is 2.62 bits per heavy atom. The van der Waals surface area contributed by atoms with Gasteiger partial charge in [-0.1, -0.05) is 11.8 Å². The summed E-state index contributed by atoms with van der Waals surface area (Å²) in [6, 6.07) is 0.437. The van der Waals surface area contributed by atoms with Crippen LogP contribution < -0.4 is 0 Å². The third-order valence-electron chi connectivity index (χ3n) is 1.40. The molecule has 1 atom stereocenters. The van der Waals surface area contributed by atoms with Crippen LogP contribution in [0.1, 0.15) is 6.92 Å². The van der Waals surface area contributed by atoms with E-state index in [9.17, 15) is 4.79 Å². The van der Waals surface area contributed by atoms with Gasteiger partial charge in [-0.25, -0.2) is 0 Å². The first-order chi connectivity index (χ1) is 3.72. The van der Waals surface area contributed by atoms with Crippen LogP contribution in [0.2, 0.25) is 0 Å². The zero-order chi connectivity index (χ0) is 6.15. The number of nitrogens with zero attached hydrogens (tertiary/aromatic N) is 1. The Labute approximate surface area is 53.2 Å². The summed E-state index contributed by atoms with van der Waals surface area (Å²) in [6.45, 7) is 2.05. The van der Waals surface area contributed by atoms with Crippen molar-refractivity contribution in [1.29, 1.82) is 0 Å². The standard InChI is InChI=1S/C5H9NOS/c1-4-3-8-5(7)6(4)2/h4H,3H2,1-2H3. The van der Waals surface area contributed by atoms with Crippen molar-refractivity contribution in [3.8, 4) is 0 Å². The average molecular weight is 131 g/mol. The molecule has 0 saturated carbocycles. The molecule has 1 amide bonds. The van der Waals surface area contributed by atoms with Crippen molar-refractivity contribution in [3.05, 3.63) is 0 Å². The van der Waals surface area contributed by atoms with Gasteiger partial charge in [-0.2, -0.15) is 0 Å². The Morgan fingerprint density at radius 2 is 2.50 bits per heavy atom. The van der Waals surface area contributed by atoms with Gasteiger partial charge in [-0.05, 0) is 6.92 Å². The second kappa shape index (κ2) is 1.97. The molecule has 46 valence electrons. The Morgan fingerprint density at radius 1 is 1.88 bits per heavy atom. The van der Waals surface area contributed by atoms with Crippen molar-refractivity contribution in [2.45, 2.75) is 13.0 Å². The fourth-order valence-electron chi connectivity index (χ4n) is 0.585. The Kier molecular flexibility index (Phi) is 1.47. The molecule has 0 spiro atoms. The van der Waals surface area contributed by atoms with Crippen LogP contribution in [0, 0.1) is 0 Å². The van der Waals surface area contributed by atoms with Crippen LogP contribution in [-0.2, 0) is 0 Å². The van der Waals surface area contributed by atoms with E-state index in [1.807, 2.05) is 7.05 Å². The smallest absolute Gasteiger partial charge is 0.281 e. The molecule has 1 fully saturated rings. The number of thioether (sulfide) groups is 1. The van der Waals surface area contributed by atoms with Crippen LogP contribution in [0.5, 0.6) is 0 Å². The third-order valence-corrected chi connectivity index (χ3v) is 2.58. The molecule has 1 aliphatic heterocycles. The SMILES string of the molecule is CC1CSC(=O)N1C. The molecule has 0 bridgehead atoms. The molecule has 3 heteroatoms. The van der Waals surface area contributed by atoms with Crippen LogP contribution in [0.3, 0.4) is 0 Å². The maximum Gasteiger partial charge on any atom is 0.281 e. The number of carbonyl (C=O) groups excluding carboxylic acids is 1. The topological polar surface area (TPSA) is 20.3 Å². The van der Waals surface area contributed by atoms with E-state index >= 15 is 0 Å². The first-order valence-electron chi connectivity index (χ1n) is 2.61. The molecule has 0 aliphatic carbocycles. The summed E-state index contributed by atoms with van der Waals surface area (Å²) in [7, 11) is 1.84. The van der Waals surface area contributed by atoms with E-state index in [2.05, 4.69) is 6.92 Å². The van der Waals surface area contributed by atoms with Crippen molar-refractivity contribution in [2.24, 2.45) is 0 Å². The Bertz CT molecular complexity index is 115. The molecule has 1 aliphatic rings. The molecular weight excluding hydrogens is 122 g/mol. The van der Waals surface area contributed by atoms with Crippen LogP contribution in [0.15, 0.2) is 0 Å². The average Bonchev–Trinajstić information content (AvgIpc) is 1.98. The Balaban J connectivity index is 2.56. The maximum absolute atomic E-state index is 10.7. The lowest BCUT2D eigenvalue weighted by Crippen LogP contribution is -2.25. The van der Waals surface area contributed by atoms with Gasteiger partial charge in [0.25, 0.3) is 5.24 Å². The van der Waals surface area contributed by atoms with Gasteiger partial charge in [-0.15, -0.1) is 0 Å². The number of hydrogen-bond acceptors (Lipinski definition) is 2. The van der Waals surface area contributed by atoms with Crippen molar-refractivity contribution in [2.75, 3.05) is 12.8 Å². The van der Waals surface area contributed by atoms with Gasteiger partial charge in [0.1, 0.15) is 0 Å². The molecule has 0 aromatic heterocycles. The van der Waals surface area contributed by atoms with Crippen LogP contribution >= 0.6 is 11.8 Å². The van der Waals surface area contributed by atoms with E-state index in [0.717, 1.165) is 5.75 Å². The largest absolute Gasteiger partial charge is 0.333 e. The molecule has 8 heavy (non-hydrogen) atoms. The summed E-state index contributed by atoms with van der Waals surface area (Å²) < 4.78 is 0. The minimum absolute atomic E-state index is 0.206. The second-order valence-corrected chi connectivity index (χ2v) is 3.01. The lowest BCUT2D eigenvalue weighted by Gasteiger charge is -2.11. The van der Waals surface area contributed by atoms with Gasteiger partial charge in [0.2, 0.25) is 0 Å². The number of amides is 1. The van der Waals surface area contributed by atoms with E-state index in [1.54, 1.807) is 4.90 Å². The third kappa shape index (κ3) is 0.823. The fraction of sp³-hybridized carbons (Fsp3) is 0.800. The summed E-state index contributed by atoms with van der Waals surface area (Å²) in [5, 5.41) is 0.206. The predicted molar refractivity (Wildman–Crippen MR) is 35.1 cm³/mol.